The highest BCUT2D eigenvalue weighted by Crippen LogP contribution is 2.31. The van der Waals surface area contributed by atoms with Crippen molar-refractivity contribution in [1.29, 1.82) is 0 Å². The molecule has 1 aromatic heterocycles. The van der Waals surface area contributed by atoms with Crippen molar-refractivity contribution < 1.29 is 5.11 Å². The van der Waals surface area contributed by atoms with Gasteiger partial charge in [0.1, 0.15) is 5.82 Å². The summed E-state index contributed by atoms with van der Waals surface area (Å²) in [5.41, 5.74) is 1.27. The summed E-state index contributed by atoms with van der Waals surface area (Å²) in [6.07, 6.45) is 2.55. The molecule has 0 saturated carbocycles. The molecular formula is C13H20N2O. The molecule has 0 bridgehead atoms. The molecule has 0 spiro atoms. The third kappa shape index (κ3) is 2.35. The van der Waals surface area contributed by atoms with Crippen LogP contribution in [0.15, 0.2) is 18.3 Å². The predicted molar refractivity (Wildman–Crippen MR) is 65.5 cm³/mol. The fourth-order valence-corrected chi connectivity index (χ4v) is 2.14. The molecule has 1 aliphatic rings. The zero-order valence-electron chi connectivity index (χ0n) is 10.3. The highest BCUT2D eigenvalue weighted by atomic mass is 16.3. The lowest BCUT2D eigenvalue weighted by Crippen LogP contribution is -2.23. The molecule has 1 atom stereocenters. The first kappa shape index (κ1) is 11.4. The SMILES string of the molecule is C[C@H](O)c1ccc(N2CCC(C)(C)C2)nc1. The second-order valence-corrected chi connectivity index (χ2v) is 5.46. The van der Waals surface area contributed by atoms with Crippen molar-refractivity contribution in [3.8, 4) is 0 Å². The second kappa shape index (κ2) is 4.06. The van der Waals surface area contributed by atoms with Crippen molar-refractivity contribution in [1.82, 2.24) is 4.98 Å². The van der Waals surface area contributed by atoms with E-state index in [0.29, 0.717) is 5.41 Å². The molecule has 0 aliphatic carbocycles. The molecule has 0 aromatic carbocycles. The van der Waals surface area contributed by atoms with Gasteiger partial charge in [-0.15, -0.1) is 0 Å². The summed E-state index contributed by atoms with van der Waals surface area (Å²) in [6, 6.07) is 3.96. The van der Waals surface area contributed by atoms with E-state index in [-0.39, 0.29) is 0 Å². The molecule has 0 amide bonds. The van der Waals surface area contributed by atoms with E-state index in [1.54, 1.807) is 13.1 Å². The number of nitrogens with zero attached hydrogens (tertiary/aromatic N) is 2. The highest BCUT2D eigenvalue weighted by Gasteiger charge is 2.29. The van der Waals surface area contributed by atoms with Crippen LogP contribution in [-0.4, -0.2) is 23.2 Å². The smallest absolute Gasteiger partial charge is 0.128 e. The Morgan fingerprint density at radius 2 is 2.19 bits per heavy atom. The van der Waals surface area contributed by atoms with Gasteiger partial charge in [-0.3, -0.25) is 0 Å². The molecule has 0 unspecified atom stereocenters. The monoisotopic (exact) mass is 220 g/mol. The van der Waals surface area contributed by atoms with Gasteiger partial charge >= 0.3 is 0 Å². The van der Waals surface area contributed by atoms with Gasteiger partial charge in [-0.25, -0.2) is 4.98 Å². The van der Waals surface area contributed by atoms with Crippen molar-refractivity contribution in [3.05, 3.63) is 23.9 Å². The largest absolute Gasteiger partial charge is 0.389 e. The maximum atomic E-state index is 9.41. The Balaban J connectivity index is 2.11. The Morgan fingerprint density at radius 1 is 1.44 bits per heavy atom. The number of rotatable bonds is 2. The molecule has 1 aromatic rings. The van der Waals surface area contributed by atoms with E-state index in [2.05, 4.69) is 23.7 Å². The summed E-state index contributed by atoms with van der Waals surface area (Å²) in [5.74, 6) is 1.02. The Hall–Kier alpha value is -1.09. The van der Waals surface area contributed by atoms with Gasteiger partial charge in [-0.1, -0.05) is 19.9 Å². The number of anilines is 1. The Morgan fingerprint density at radius 3 is 2.62 bits per heavy atom. The van der Waals surface area contributed by atoms with Crippen molar-refractivity contribution in [2.45, 2.75) is 33.3 Å². The molecule has 3 nitrogen and oxygen atoms in total. The number of aliphatic hydroxyl groups excluding tert-OH is 1. The van der Waals surface area contributed by atoms with Crippen molar-refractivity contribution >= 4 is 5.82 Å². The molecular weight excluding hydrogens is 200 g/mol. The second-order valence-electron chi connectivity index (χ2n) is 5.46. The van der Waals surface area contributed by atoms with Crippen molar-refractivity contribution in [2.75, 3.05) is 18.0 Å². The van der Waals surface area contributed by atoms with Crippen LogP contribution in [0.2, 0.25) is 0 Å². The van der Waals surface area contributed by atoms with Crippen LogP contribution in [0.25, 0.3) is 0 Å². The first-order chi connectivity index (χ1) is 7.48. The van der Waals surface area contributed by atoms with Gasteiger partial charge in [0.05, 0.1) is 6.10 Å². The molecule has 2 heterocycles. The van der Waals surface area contributed by atoms with E-state index < -0.39 is 6.10 Å². The molecule has 16 heavy (non-hydrogen) atoms. The Bertz CT molecular complexity index is 357. The molecule has 2 rings (SSSR count). The van der Waals surface area contributed by atoms with Gasteiger partial charge in [0.25, 0.3) is 0 Å². The lowest BCUT2D eigenvalue weighted by molar-refractivity contribution is 0.199. The molecule has 1 saturated heterocycles. The molecule has 0 radical (unpaired) electrons. The fraction of sp³-hybridized carbons (Fsp3) is 0.615. The van der Waals surface area contributed by atoms with Crippen LogP contribution >= 0.6 is 0 Å². The summed E-state index contributed by atoms with van der Waals surface area (Å²) in [6.45, 7) is 8.48. The van der Waals surface area contributed by atoms with Crippen LogP contribution < -0.4 is 4.90 Å². The summed E-state index contributed by atoms with van der Waals surface area (Å²) in [4.78, 5) is 6.72. The Labute approximate surface area is 97.1 Å². The quantitative estimate of drug-likeness (QED) is 0.831. The van der Waals surface area contributed by atoms with Gasteiger partial charge in [0.2, 0.25) is 0 Å². The average Bonchev–Trinajstić information content (AvgIpc) is 2.59. The van der Waals surface area contributed by atoms with Crippen LogP contribution in [0, 0.1) is 5.41 Å². The van der Waals surface area contributed by atoms with E-state index in [0.717, 1.165) is 24.5 Å². The Kier molecular flexibility index (Phi) is 2.89. The number of aromatic nitrogens is 1. The first-order valence-corrected chi connectivity index (χ1v) is 5.87. The van der Waals surface area contributed by atoms with Crippen LogP contribution in [0.4, 0.5) is 5.82 Å². The van der Waals surface area contributed by atoms with E-state index in [1.807, 2.05) is 12.1 Å². The molecule has 1 fully saturated rings. The minimum Gasteiger partial charge on any atom is -0.389 e. The number of aliphatic hydroxyl groups is 1. The topological polar surface area (TPSA) is 36.4 Å². The van der Waals surface area contributed by atoms with Crippen LogP contribution in [0.3, 0.4) is 0 Å². The number of hydrogen-bond acceptors (Lipinski definition) is 3. The fourth-order valence-electron chi connectivity index (χ4n) is 2.14. The summed E-state index contributed by atoms with van der Waals surface area (Å²) < 4.78 is 0. The lowest BCUT2D eigenvalue weighted by atomic mass is 9.93. The zero-order valence-corrected chi connectivity index (χ0v) is 10.3. The van der Waals surface area contributed by atoms with E-state index in [4.69, 9.17) is 0 Å². The van der Waals surface area contributed by atoms with Gasteiger partial charge in [0, 0.05) is 19.3 Å². The zero-order chi connectivity index (χ0) is 11.8. The predicted octanol–water partition coefficient (Wildman–Crippen LogP) is 2.37. The van der Waals surface area contributed by atoms with E-state index in [9.17, 15) is 5.11 Å². The number of hydrogen-bond donors (Lipinski definition) is 1. The molecule has 1 N–H and O–H groups in total. The standard InChI is InChI=1S/C13H20N2O/c1-10(16)11-4-5-12(14-8-11)15-7-6-13(2,3)9-15/h4-5,8,10,16H,6-7,9H2,1-3H3/t10-/m0/s1. The number of pyridine rings is 1. The molecule has 88 valence electrons. The van der Waals surface area contributed by atoms with Crippen LogP contribution in [0.5, 0.6) is 0 Å². The molecule has 3 heteroatoms. The highest BCUT2D eigenvalue weighted by molar-refractivity contribution is 5.41. The molecule has 1 aliphatic heterocycles. The maximum absolute atomic E-state index is 9.41. The van der Waals surface area contributed by atoms with Crippen LogP contribution in [-0.2, 0) is 0 Å². The summed E-state index contributed by atoms with van der Waals surface area (Å²) in [5, 5.41) is 9.41. The van der Waals surface area contributed by atoms with Gasteiger partial charge in [-0.2, -0.15) is 0 Å². The third-order valence-electron chi connectivity index (χ3n) is 3.25. The van der Waals surface area contributed by atoms with Gasteiger partial charge < -0.3 is 10.0 Å². The van der Waals surface area contributed by atoms with Crippen LogP contribution in [0.1, 0.15) is 38.9 Å². The minimum absolute atomic E-state index is 0.393. The first-order valence-electron chi connectivity index (χ1n) is 5.87. The summed E-state index contributed by atoms with van der Waals surface area (Å²) >= 11 is 0. The lowest BCUT2D eigenvalue weighted by Gasteiger charge is -2.20. The maximum Gasteiger partial charge on any atom is 0.128 e. The van der Waals surface area contributed by atoms with Gasteiger partial charge in [0.15, 0.2) is 0 Å². The van der Waals surface area contributed by atoms with E-state index >= 15 is 0 Å². The normalized spacial score (nSPS) is 21.1. The van der Waals surface area contributed by atoms with Crippen molar-refractivity contribution in [3.63, 3.8) is 0 Å². The van der Waals surface area contributed by atoms with Gasteiger partial charge in [-0.05, 0) is 30.4 Å². The van der Waals surface area contributed by atoms with E-state index in [1.165, 1.54) is 6.42 Å². The van der Waals surface area contributed by atoms with Crippen molar-refractivity contribution in [2.24, 2.45) is 5.41 Å². The minimum atomic E-state index is -0.434. The third-order valence-corrected chi connectivity index (χ3v) is 3.25. The summed E-state index contributed by atoms with van der Waals surface area (Å²) in [7, 11) is 0. The average molecular weight is 220 g/mol.